The first-order valence-electron chi connectivity index (χ1n) is 11.2. The highest BCUT2D eigenvalue weighted by Gasteiger charge is 2.41. The van der Waals surface area contributed by atoms with Gasteiger partial charge in [-0.15, -0.1) is 0 Å². The zero-order chi connectivity index (χ0) is 21.2. The van der Waals surface area contributed by atoms with Crippen LogP contribution >= 0.6 is 12.2 Å². The molecule has 3 aromatic rings. The number of ether oxygens (including phenoxy) is 1. The Labute approximate surface area is 189 Å². The van der Waals surface area contributed by atoms with Crippen molar-refractivity contribution in [2.24, 2.45) is 0 Å². The molecule has 2 atom stereocenters. The Balaban J connectivity index is 1.49. The number of hydrogen-bond acceptors (Lipinski definition) is 3. The lowest BCUT2D eigenvalue weighted by Gasteiger charge is -2.29. The number of aromatic nitrogens is 2. The van der Waals surface area contributed by atoms with E-state index in [1.165, 1.54) is 18.5 Å². The number of rotatable bonds is 6. The van der Waals surface area contributed by atoms with Crippen molar-refractivity contribution in [3.63, 3.8) is 0 Å². The van der Waals surface area contributed by atoms with E-state index < -0.39 is 0 Å². The normalized spacial score (nSPS) is 21.5. The summed E-state index contributed by atoms with van der Waals surface area (Å²) < 4.78 is 8.44. The van der Waals surface area contributed by atoms with Crippen LogP contribution in [-0.4, -0.2) is 20.8 Å². The summed E-state index contributed by atoms with van der Waals surface area (Å²) in [7, 11) is 0. The maximum atomic E-state index is 6.16. The molecule has 5 nitrogen and oxygen atoms in total. The second-order valence-electron chi connectivity index (χ2n) is 8.23. The van der Waals surface area contributed by atoms with Crippen LogP contribution in [0.3, 0.4) is 0 Å². The van der Waals surface area contributed by atoms with Crippen LogP contribution in [0.25, 0.3) is 0 Å². The second kappa shape index (κ2) is 8.71. The number of anilines is 1. The number of thiocarbonyl (C=S) groups is 1. The molecule has 0 amide bonds. The summed E-state index contributed by atoms with van der Waals surface area (Å²) in [4.78, 5) is 6.85. The maximum Gasteiger partial charge on any atom is 0.174 e. The Morgan fingerprint density at radius 2 is 1.87 bits per heavy atom. The first-order valence-corrected chi connectivity index (χ1v) is 11.6. The molecule has 31 heavy (non-hydrogen) atoms. The van der Waals surface area contributed by atoms with E-state index in [1.54, 1.807) is 0 Å². The molecule has 0 spiro atoms. The Hall–Kier alpha value is -2.86. The van der Waals surface area contributed by atoms with Crippen molar-refractivity contribution in [2.75, 3.05) is 4.90 Å². The van der Waals surface area contributed by atoms with Gasteiger partial charge in [0, 0.05) is 30.3 Å². The summed E-state index contributed by atoms with van der Waals surface area (Å²) in [5.74, 6) is 0.934. The molecule has 0 unspecified atom stereocenters. The summed E-state index contributed by atoms with van der Waals surface area (Å²) in [5.41, 5.74) is 3.27. The average molecular weight is 433 g/mol. The largest absolute Gasteiger partial charge is 0.490 e. The van der Waals surface area contributed by atoms with Gasteiger partial charge in [0.05, 0.1) is 17.8 Å². The molecular formula is C25H28N4OS. The van der Waals surface area contributed by atoms with Gasteiger partial charge in [0.25, 0.3) is 0 Å². The number of nitrogens with one attached hydrogen (secondary N) is 1. The van der Waals surface area contributed by atoms with Crippen molar-refractivity contribution >= 4 is 23.0 Å². The molecule has 3 heterocycles. The Morgan fingerprint density at radius 1 is 1.06 bits per heavy atom. The van der Waals surface area contributed by atoms with Gasteiger partial charge in [-0.25, -0.2) is 0 Å². The van der Waals surface area contributed by atoms with Crippen LogP contribution in [0.15, 0.2) is 67.0 Å². The first-order chi connectivity index (χ1) is 15.2. The zero-order valence-corrected chi connectivity index (χ0v) is 18.6. The molecule has 0 bridgehead atoms. The van der Waals surface area contributed by atoms with Crippen molar-refractivity contribution in [1.29, 1.82) is 0 Å². The van der Waals surface area contributed by atoms with Crippen molar-refractivity contribution in [1.82, 2.24) is 14.9 Å². The van der Waals surface area contributed by atoms with Gasteiger partial charge >= 0.3 is 0 Å². The van der Waals surface area contributed by atoms with Crippen LogP contribution < -0.4 is 15.0 Å². The summed E-state index contributed by atoms with van der Waals surface area (Å²) in [6, 6.07) is 18.7. The van der Waals surface area contributed by atoms with Gasteiger partial charge < -0.3 is 19.5 Å². The molecule has 1 aliphatic carbocycles. The predicted molar refractivity (Wildman–Crippen MR) is 127 cm³/mol. The SMILES string of the molecule is CCn1cccc1[C@@H]1[C@@H](c2ccccn2)NC(=S)N1c1ccc(OC2CCCC2)cc1. The lowest BCUT2D eigenvalue weighted by atomic mass is 10.0. The second-order valence-corrected chi connectivity index (χ2v) is 8.62. The first kappa shape index (κ1) is 20.1. The third-order valence-electron chi connectivity index (χ3n) is 6.33. The smallest absolute Gasteiger partial charge is 0.174 e. The third kappa shape index (κ3) is 3.92. The summed E-state index contributed by atoms with van der Waals surface area (Å²) >= 11 is 5.83. The summed E-state index contributed by atoms with van der Waals surface area (Å²) in [5, 5.41) is 4.25. The maximum absolute atomic E-state index is 6.16. The summed E-state index contributed by atoms with van der Waals surface area (Å²) in [6.07, 6.45) is 9.17. The highest BCUT2D eigenvalue weighted by Crippen LogP contribution is 2.42. The van der Waals surface area contributed by atoms with Crippen LogP contribution in [0.1, 0.15) is 56.1 Å². The van der Waals surface area contributed by atoms with Crippen LogP contribution in [-0.2, 0) is 6.54 Å². The number of nitrogens with zero attached hydrogens (tertiary/aromatic N) is 3. The molecule has 6 heteroatoms. The van der Waals surface area contributed by atoms with Gasteiger partial charge in [-0.1, -0.05) is 6.07 Å². The predicted octanol–water partition coefficient (Wildman–Crippen LogP) is 5.40. The van der Waals surface area contributed by atoms with E-state index in [0.29, 0.717) is 11.2 Å². The molecule has 2 fully saturated rings. The molecule has 2 aromatic heterocycles. The van der Waals surface area contributed by atoms with E-state index >= 15 is 0 Å². The van der Waals surface area contributed by atoms with E-state index in [-0.39, 0.29) is 12.1 Å². The molecular weight excluding hydrogens is 404 g/mol. The molecule has 1 aliphatic heterocycles. The molecule has 1 N–H and O–H groups in total. The Bertz CT molecular complexity index is 1030. The van der Waals surface area contributed by atoms with Crippen LogP contribution in [0.5, 0.6) is 5.75 Å². The Kier molecular flexibility index (Phi) is 5.64. The number of hydrogen-bond donors (Lipinski definition) is 1. The van der Waals surface area contributed by atoms with E-state index in [9.17, 15) is 0 Å². The fraction of sp³-hybridized carbons (Fsp3) is 0.360. The third-order valence-corrected chi connectivity index (χ3v) is 6.64. The fourth-order valence-electron chi connectivity index (χ4n) is 4.80. The van der Waals surface area contributed by atoms with E-state index in [0.717, 1.165) is 36.5 Å². The minimum absolute atomic E-state index is 0.0129. The van der Waals surface area contributed by atoms with Crippen LogP contribution in [0, 0.1) is 0 Å². The standard InChI is InChI=1S/C25H28N4OS/c1-2-28-17-7-11-22(28)24-23(21-10-5-6-16-26-21)27-25(31)29(24)18-12-14-20(15-13-18)30-19-8-3-4-9-19/h5-7,10-17,19,23-24H,2-4,8-9H2,1H3,(H,27,31)/t23-,24-/m1/s1. The quantitative estimate of drug-likeness (QED) is 0.528. The monoisotopic (exact) mass is 432 g/mol. The van der Waals surface area contributed by atoms with Gasteiger partial charge in [0.15, 0.2) is 5.11 Å². The van der Waals surface area contributed by atoms with Gasteiger partial charge in [0.1, 0.15) is 11.8 Å². The zero-order valence-electron chi connectivity index (χ0n) is 17.8. The molecule has 2 aliphatic rings. The minimum Gasteiger partial charge on any atom is -0.490 e. The van der Waals surface area contributed by atoms with Gasteiger partial charge in [0.2, 0.25) is 0 Å². The number of benzene rings is 1. The van der Waals surface area contributed by atoms with Crippen LogP contribution in [0.4, 0.5) is 5.69 Å². The lowest BCUT2D eigenvalue weighted by molar-refractivity contribution is 0.210. The van der Waals surface area contributed by atoms with E-state index in [4.69, 9.17) is 17.0 Å². The van der Waals surface area contributed by atoms with E-state index in [1.807, 2.05) is 18.3 Å². The highest BCUT2D eigenvalue weighted by molar-refractivity contribution is 7.80. The van der Waals surface area contributed by atoms with Gasteiger partial charge in [-0.3, -0.25) is 4.98 Å². The van der Waals surface area contributed by atoms with E-state index in [2.05, 4.69) is 75.4 Å². The highest BCUT2D eigenvalue weighted by atomic mass is 32.1. The molecule has 160 valence electrons. The molecule has 5 rings (SSSR count). The topological polar surface area (TPSA) is 42.3 Å². The minimum atomic E-state index is -0.0247. The van der Waals surface area contributed by atoms with Crippen LogP contribution in [0.2, 0.25) is 0 Å². The van der Waals surface area contributed by atoms with Crippen molar-refractivity contribution in [2.45, 2.75) is 57.3 Å². The van der Waals surface area contributed by atoms with Crippen molar-refractivity contribution in [3.05, 3.63) is 78.4 Å². The van der Waals surface area contributed by atoms with Crippen molar-refractivity contribution in [3.8, 4) is 5.75 Å². The van der Waals surface area contributed by atoms with Gasteiger partial charge in [-0.2, -0.15) is 0 Å². The molecule has 1 aromatic carbocycles. The average Bonchev–Trinajstić information content (AvgIpc) is 3.55. The molecule has 0 radical (unpaired) electrons. The number of aryl methyl sites for hydroxylation is 1. The van der Waals surface area contributed by atoms with Gasteiger partial charge in [-0.05, 0) is 93.4 Å². The summed E-state index contributed by atoms with van der Waals surface area (Å²) in [6.45, 7) is 3.07. The Morgan fingerprint density at radius 3 is 2.58 bits per heavy atom. The fourth-order valence-corrected chi connectivity index (χ4v) is 5.15. The molecule has 1 saturated heterocycles. The lowest BCUT2D eigenvalue weighted by Crippen LogP contribution is -2.30. The number of pyridine rings is 1. The van der Waals surface area contributed by atoms with Crippen molar-refractivity contribution < 1.29 is 4.74 Å². The molecule has 1 saturated carbocycles.